The summed E-state index contributed by atoms with van der Waals surface area (Å²) < 4.78 is 41.9. The number of piperidine rings is 1. The van der Waals surface area contributed by atoms with Crippen molar-refractivity contribution in [1.29, 1.82) is 0 Å². The van der Waals surface area contributed by atoms with Gasteiger partial charge in [0.2, 0.25) is 0 Å². The van der Waals surface area contributed by atoms with Gasteiger partial charge in [-0.2, -0.15) is 9.97 Å². The van der Waals surface area contributed by atoms with Crippen molar-refractivity contribution >= 4 is 27.5 Å². The summed E-state index contributed by atoms with van der Waals surface area (Å²) in [7, 11) is 0. The van der Waals surface area contributed by atoms with E-state index in [4.69, 9.17) is 19.1 Å². The van der Waals surface area contributed by atoms with Crippen LogP contribution in [0.25, 0.3) is 33.0 Å². The molecule has 10 heteroatoms. The Balaban J connectivity index is 1.29. The van der Waals surface area contributed by atoms with Crippen LogP contribution in [-0.4, -0.2) is 64.5 Å². The van der Waals surface area contributed by atoms with E-state index in [0.29, 0.717) is 35.2 Å². The zero-order valence-corrected chi connectivity index (χ0v) is 24.2. The van der Waals surface area contributed by atoms with Crippen molar-refractivity contribution in [2.24, 2.45) is 5.41 Å². The van der Waals surface area contributed by atoms with Crippen LogP contribution in [0.1, 0.15) is 50.5 Å². The quantitative estimate of drug-likeness (QED) is 0.309. The number of aromatic hydroxyl groups is 1. The second-order valence-corrected chi connectivity index (χ2v) is 13.1. The fourth-order valence-corrected chi connectivity index (χ4v) is 7.93. The highest BCUT2D eigenvalue weighted by molar-refractivity contribution is 6.00. The second kappa shape index (κ2) is 9.61. The highest BCUT2D eigenvalue weighted by Gasteiger charge is 2.50. The van der Waals surface area contributed by atoms with Gasteiger partial charge in [0.1, 0.15) is 35.5 Å². The van der Waals surface area contributed by atoms with Crippen LogP contribution in [0, 0.1) is 18.2 Å². The smallest absolute Gasteiger partial charge is 0.349 e. The van der Waals surface area contributed by atoms with Crippen LogP contribution in [-0.2, 0) is 0 Å². The van der Waals surface area contributed by atoms with Crippen molar-refractivity contribution in [3.63, 3.8) is 0 Å². The number of phenolic OH excluding ortho intramolecular Hbond substituents is 1. The number of ether oxygens (including phenoxy) is 1. The van der Waals surface area contributed by atoms with Gasteiger partial charge in [-0.05, 0) is 81.0 Å². The topological polar surface area (TPSA) is 91.9 Å². The van der Waals surface area contributed by atoms with Gasteiger partial charge in [-0.1, -0.05) is 12.1 Å². The molecule has 0 unspecified atom stereocenters. The molecule has 8 rings (SSSR count). The van der Waals surface area contributed by atoms with E-state index in [9.17, 15) is 14.3 Å². The van der Waals surface area contributed by atoms with Crippen molar-refractivity contribution in [2.75, 3.05) is 37.7 Å². The van der Waals surface area contributed by atoms with Crippen molar-refractivity contribution < 1.29 is 23.0 Å². The Hall–Kier alpha value is -3.79. The summed E-state index contributed by atoms with van der Waals surface area (Å²) in [6.45, 7) is 4.85. The number of anilines is 1. The normalized spacial score (nSPS) is 24.7. The van der Waals surface area contributed by atoms with Crippen LogP contribution in [0.4, 0.5) is 14.6 Å². The molecule has 1 spiro atoms. The number of nitrogens with zero attached hydrogens (tertiary/aromatic N) is 4. The standard InChI is InChI=1S/C33H34F2N4O4/c1-19-27-26(30(41)43-28(19)23-14-22(40)13-20-5-2-6-24(35)25(20)23)29(38-11-3-7-32(17-38)9-10-32)37-31(36-27)42-18-33-8-4-12-39(33)16-21(34)15-33/h2,5-6,13-14,21,40H,3-4,7-12,15-18H2,1H3/t21-,33+/m1/s1. The molecule has 2 aromatic heterocycles. The lowest BCUT2D eigenvalue weighted by molar-refractivity contribution is 0.107. The maximum atomic E-state index is 15.2. The van der Waals surface area contributed by atoms with Gasteiger partial charge in [0.15, 0.2) is 5.82 Å². The molecule has 0 radical (unpaired) electrons. The molecule has 1 aliphatic carbocycles. The fourth-order valence-electron chi connectivity index (χ4n) is 7.93. The number of hydrogen-bond donors (Lipinski definition) is 1. The minimum Gasteiger partial charge on any atom is -0.508 e. The third-order valence-electron chi connectivity index (χ3n) is 10.3. The summed E-state index contributed by atoms with van der Waals surface area (Å²) in [5, 5.41) is 11.5. The lowest BCUT2D eigenvalue weighted by Crippen LogP contribution is -2.43. The Morgan fingerprint density at radius 1 is 1.12 bits per heavy atom. The molecule has 43 heavy (non-hydrogen) atoms. The number of fused-ring (bicyclic) bond motifs is 3. The van der Waals surface area contributed by atoms with E-state index in [1.807, 2.05) is 0 Å². The molecule has 1 saturated carbocycles. The molecular formula is C33H34F2N4O4. The first kappa shape index (κ1) is 26.8. The van der Waals surface area contributed by atoms with Crippen molar-refractivity contribution in [1.82, 2.24) is 14.9 Å². The van der Waals surface area contributed by atoms with Crippen molar-refractivity contribution in [3.8, 4) is 23.1 Å². The van der Waals surface area contributed by atoms with Crippen molar-refractivity contribution in [3.05, 3.63) is 52.1 Å². The number of alkyl halides is 1. The second-order valence-electron chi connectivity index (χ2n) is 13.1. The van der Waals surface area contributed by atoms with E-state index in [0.717, 1.165) is 58.2 Å². The average molecular weight is 589 g/mol. The van der Waals surface area contributed by atoms with E-state index in [-0.39, 0.29) is 51.4 Å². The number of aryl methyl sites for hydroxylation is 1. The zero-order chi connectivity index (χ0) is 29.5. The highest BCUT2D eigenvalue weighted by atomic mass is 19.1. The molecule has 8 nitrogen and oxygen atoms in total. The third-order valence-corrected chi connectivity index (χ3v) is 10.3. The Kier molecular flexibility index (Phi) is 5.99. The zero-order valence-electron chi connectivity index (χ0n) is 24.2. The van der Waals surface area contributed by atoms with Gasteiger partial charge in [-0.15, -0.1) is 0 Å². The van der Waals surface area contributed by atoms with Crippen molar-refractivity contribution in [2.45, 2.75) is 63.6 Å². The maximum Gasteiger partial charge on any atom is 0.349 e. The van der Waals surface area contributed by atoms with Gasteiger partial charge in [-0.25, -0.2) is 13.6 Å². The van der Waals surface area contributed by atoms with Gasteiger partial charge >= 0.3 is 11.6 Å². The van der Waals surface area contributed by atoms with Crippen LogP contribution in [0.3, 0.4) is 0 Å². The summed E-state index contributed by atoms with van der Waals surface area (Å²) in [6, 6.07) is 7.62. The Bertz CT molecular complexity index is 1840. The van der Waals surface area contributed by atoms with Gasteiger partial charge in [0.25, 0.3) is 0 Å². The first-order valence-electron chi connectivity index (χ1n) is 15.3. The molecule has 4 fully saturated rings. The van der Waals surface area contributed by atoms with Crippen LogP contribution >= 0.6 is 0 Å². The molecule has 4 aromatic rings. The van der Waals surface area contributed by atoms with Gasteiger partial charge in [-0.3, -0.25) is 4.90 Å². The fraction of sp³-hybridized carbons (Fsp3) is 0.485. The lowest BCUT2D eigenvalue weighted by atomic mass is 9.94. The summed E-state index contributed by atoms with van der Waals surface area (Å²) in [6.07, 6.45) is 5.86. The molecule has 0 amide bonds. The highest BCUT2D eigenvalue weighted by Crippen LogP contribution is 2.53. The number of rotatable bonds is 5. The van der Waals surface area contributed by atoms with Gasteiger partial charge in [0, 0.05) is 42.6 Å². The van der Waals surface area contributed by atoms with E-state index in [1.54, 1.807) is 19.1 Å². The average Bonchev–Trinajstić information content (AvgIpc) is 3.48. The molecule has 5 heterocycles. The molecule has 224 valence electrons. The maximum absolute atomic E-state index is 15.2. The lowest BCUT2D eigenvalue weighted by Gasteiger charge is -2.34. The van der Waals surface area contributed by atoms with Crippen LogP contribution in [0.2, 0.25) is 0 Å². The monoisotopic (exact) mass is 588 g/mol. The van der Waals surface area contributed by atoms with Crippen LogP contribution in [0.5, 0.6) is 11.8 Å². The summed E-state index contributed by atoms with van der Waals surface area (Å²) >= 11 is 0. The number of aromatic nitrogens is 2. The number of halogens is 2. The minimum atomic E-state index is -0.882. The molecule has 1 N–H and O–H groups in total. The van der Waals surface area contributed by atoms with Gasteiger partial charge in [0.05, 0.1) is 11.1 Å². The summed E-state index contributed by atoms with van der Waals surface area (Å²) in [5.41, 5.74) is 0.397. The minimum absolute atomic E-state index is 0.0752. The first-order chi connectivity index (χ1) is 20.7. The molecular weight excluding hydrogens is 554 g/mol. The Labute approximate surface area is 247 Å². The molecule has 2 atom stereocenters. The molecule has 3 aliphatic heterocycles. The summed E-state index contributed by atoms with van der Waals surface area (Å²) in [5.74, 6) is 0.0481. The number of benzene rings is 2. The van der Waals surface area contributed by atoms with E-state index >= 15 is 4.39 Å². The molecule has 2 aromatic carbocycles. The van der Waals surface area contributed by atoms with Crippen LogP contribution < -0.4 is 15.3 Å². The number of phenols is 1. The molecule has 4 aliphatic rings. The SMILES string of the molecule is Cc1c(-c2cc(O)cc3cccc(F)c23)oc(=O)c2c(N3CCCC4(CC4)C3)nc(OC[C@@]34CCCN3C[C@H](F)C4)nc12. The van der Waals surface area contributed by atoms with Crippen LogP contribution in [0.15, 0.2) is 39.5 Å². The number of hydrogen-bond acceptors (Lipinski definition) is 8. The van der Waals surface area contributed by atoms with E-state index in [1.165, 1.54) is 18.2 Å². The van der Waals surface area contributed by atoms with Gasteiger partial charge < -0.3 is 19.2 Å². The predicted octanol–water partition coefficient (Wildman–Crippen LogP) is 5.89. The Morgan fingerprint density at radius 2 is 1.95 bits per heavy atom. The first-order valence-corrected chi connectivity index (χ1v) is 15.3. The third kappa shape index (κ3) is 4.36. The van der Waals surface area contributed by atoms with E-state index in [2.05, 4.69) is 9.80 Å². The predicted molar refractivity (Wildman–Crippen MR) is 159 cm³/mol. The molecule has 3 saturated heterocycles. The summed E-state index contributed by atoms with van der Waals surface area (Å²) in [4.78, 5) is 27.7. The molecule has 0 bridgehead atoms. The largest absolute Gasteiger partial charge is 0.508 e. The van der Waals surface area contributed by atoms with E-state index < -0.39 is 17.6 Å². The Morgan fingerprint density at radius 3 is 2.79 bits per heavy atom.